The molecule has 142 valence electrons. The van der Waals surface area contributed by atoms with E-state index < -0.39 is 5.97 Å². The number of carboxylic acids is 1. The third-order valence-electron chi connectivity index (χ3n) is 4.59. The first kappa shape index (κ1) is 18.0. The Bertz CT molecular complexity index is 1070. The Morgan fingerprint density at radius 3 is 2.82 bits per heavy atom. The number of carbonyl (C=O) groups is 2. The molecule has 0 saturated carbocycles. The van der Waals surface area contributed by atoms with Gasteiger partial charge in [-0.1, -0.05) is 31.2 Å². The molecule has 0 bridgehead atoms. The summed E-state index contributed by atoms with van der Waals surface area (Å²) in [5, 5.41) is 21.5. The highest BCUT2D eigenvalue weighted by Gasteiger charge is 2.30. The molecule has 0 radical (unpaired) electrons. The first-order valence-electron chi connectivity index (χ1n) is 8.80. The van der Waals surface area contributed by atoms with E-state index in [-0.39, 0.29) is 17.6 Å². The van der Waals surface area contributed by atoms with Crippen LogP contribution in [0.4, 0.5) is 11.5 Å². The van der Waals surface area contributed by atoms with Gasteiger partial charge in [0.2, 0.25) is 0 Å². The van der Waals surface area contributed by atoms with Crippen molar-refractivity contribution in [2.75, 3.05) is 10.6 Å². The molecule has 1 aliphatic rings. The van der Waals surface area contributed by atoms with Crippen LogP contribution in [0.5, 0.6) is 0 Å². The zero-order valence-corrected chi connectivity index (χ0v) is 15.9. The maximum absolute atomic E-state index is 12.9. The zero-order valence-electron chi connectivity index (χ0n) is 15.0. The Hall–Kier alpha value is -3.39. The van der Waals surface area contributed by atoms with Gasteiger partial charge in [-0.05, 0) is 35.6 Å². The summed E-state index contributed by atoms with van der Waals surface area (Å²) in [5.74, 6) is -1.06. The van der Waals surface area contributed by atoms with Crippen molar-refractivity contribution in [3.05, 3.63) is 75.8 Å². The highest BCUT2D eigenvalue weighted by Crippen LogP contribution is 2.34. The first-order valence-corrected chi connectivity index (χ1v) is 9.68. The Balaban J connectivity index is 1.71. The molecule has 1 amide bonds. The molecule has 8 heteroatoms. The van der Waals surface area contributed by atoms with Crippen LogP contribution in [-0.4, -0.2) is 26.8 Å². The molecule has 0 aliphatic carbocycles. The number of amides is 1. The molecule has 2 aromatic heterocycles. The van der Waals surface area contributed by atoms with Gasteiger partial charge in [-0.15, -0.1) is 11.3 Å². The lowest BCUT2D eigenvalue weighted by molar-refractivity contribution is -0.132. The van der Waals surface area contributed by atoms with E-state index in [1.807, 2.05) is 48.7 Å². The number of hydrogen-bond donors (Lipinski definition) is 3. The number of thiophene rings is 1. The van der Waals surface area contributed by atoms with E-state index >= 15 is 0 Å². The number of aryl methyl sites for hydroxylation is 1. The summed E-state index contributed by atoms with van der Waals surface area (Å²) in [6, 6.07) is 11.0. The van der Waals surface area contributed by atoms with Crippen molar-refractivity contribution in [2.45, 2.75) is 19.4 Å². The number of carboxylic acid groups (broad SMARTS) is 1. The van der Waals surface area contributed by atoms with Gasteiger partial charge in [0, 0.05) is 10.6 Å². The van der Waals surface area contributed by atoms with Gasteiger partial charge in [-0.25, -0.2) is 9.48 Å². The van der Waals surface area contributed by atoms with Crippen LogP contribution in [0.2, 0.25) is 0 Å². The van der Waals surface area contributed by atoms with Crippen molar-refractivity contribution < 1.29 is 14.7 Å². The fraction of sp³-hybridized carbons (Fsp3) is 0.150. The van der Waals surface area contributed by atoms with Gasteiger partial charge < -0.3 is 15.7 Å². The van der Waals surface area contributed by atoms with E-state index in [1.165, 1.54) is 17.5 Å². The van der Waals surface area contributed by atoms with Crippen LogP contribution in [0.1, 0.15) is 33.8 Å². The van der Waals surface area contributed by atoms with Crippen LogP contribution in [0.15, 0.2) is 59.7 Å². The molecule has 28 heavy (non-hydrogen) atoms. The largest absolute Gasteiger partial charge is 0.477 e. The minimum Gasteiger partial charge on any atom is -0.477 e. The highest BCUT2D eigenvalue weighted by atomic mass is 32.1. The number of allylic oxidation sites excluding steroid dienone is 1. The Morgan fingerprint density at radius 1 is 1.29 bits per heavy atom. The Labute approximate surface area is 165 Å². The second kappa shape index (κ2) is 7.32. The van der Waals surface area contributed by atoms with Crippen LogP contribution >= 0.6 is 11.3 Å². The van der Waals surface area contributed by atoms with Crippen LogP contribution in [0, 0.1) is 0 Å². The summed E-state index contributed by atoms with van der Waals surface area (Å²) >= 11 is 1.51. The number of carbonyl (C=O) groups excluding carboxylic acids is 1. The molecule has 1 atom stereocenters. The van der Waals surface area contributed by atoms with Gasteiger partial charge in [-0.2, -0.15) is 5.10 Å². The molecule has 0 spiro atoms. The average Bonchev–Trinajstić information content (AvgIpc) is 3.37. The molecule has 0 fully saturated rings. The molecule has 3 heterocycles. The highest BCUT2D eigenvalue weighted by molar-refractivity contribution is 7.10. The molecule has 3 N–H and O–H groups in total. The van der Waals surface area contributed by atoms with Gasteiger partial charge in [0.1, 0.15) is 23.1 Å². The summed E-state index contributed by atoms with van der Waals surface area (Å²) < 4.78 is 1.64. The first-order chi connectivity index (χ1) is 13.6. The van der Waals surface area contributed by atoms with E-state index in [0.29, 0.717) is 11.4 Å². The predicted octanol–water partition coefficient (Wildman–Crippen LogP) is 3.74. The molecular weight excluding hydrogens is 376 g/mol. The number of fused-ring (bicyclic) bond motifs is 1. The fourth-order valence-corrected chi connectivity index (χ4v) is 3.97. The normalized spacial score (nSPS) is 15.3. The SMILES string of the molecule is CCc1ccccc1NC(=O)c1cnn2c1NC(C(=O)O)=CC2c1cccs1. The van der Waals surface area contributed by atoms with Crippen molar-refractivity contribution in [2.24, 2.45) is 0 Å². The van der Waals surface area contributed by atoms with Crippen LogP contribution in [-0.2, 0) is 11.2 Å². The van der Waals surface area contributed by atoms with Gasteiger partial charge in [-0.3, -0.25) is 4.79 Å². The Kier molecular flexibility index (Phi) is 4.70. The van der Waals surface area contributed by atoms with E-state index in [0.717, 1.165) is 22.5 Å². The molecule has 1 aromatic carbocycles. The quantitative estimate of drug-likeness (QED) is 0.613. The van der Waals surface area contributed by atoms with E-state index in [1.54, 1.807) is 10.8 Å². The monoisotopic (exact) mass is 394 g/mol. The smallest absolute Gasteiger partial charge is 0.352 e. The summed E-state index contributed by atoms with van der Waals surface area (Å²) in [6.07, 6.45) is 3.85. The zero-order chi connectivity index (χ0) is 19.7. The van der Waals surface area contributed by atoms with Crippen LogP contribution < -0.4 is 10.6 Å². The molecule has 0 saturated heterocycles. The van der Waals surface area contributed by atoms with Crippen LogP contribution in [0.3, 0.4) is 0 Å². The molecule has 3 aromatic rings. The van der Waals surface area contributed by atoms with Crippen molar-refractivity contribution in [3.63, 3.8) is 0 Å². The van der Waals surface area contributed by atoms with Gasteiger partial charge in [0.05, 0.1) is 6.20 Å². The van der Waals surface area contributed by atoms with Crippen molar-refractivity contribution >= 4 is 34.7 Å². The number of nitrogens with zero attached hydrogens (tertiary/aromatic N) is 2. The molecule has 1 aliphatic heterocycles. The second-order valence-corrected chi connectivity index (χ2v) is 7.27. The number of benzene rings is 1. The van der Waals surface area contributed by atoms with E-state index in [4.69, 9.17) is 0 Å². The lowest BCUT2D eigenvalue weighted by Gasteiger charge is -2.23. The molecule has 4 rings (SSSR count). The second-order valence-electron chi connectivity index (χ2n) is 6.29. The third-order valence-corrected chi connectivity index (χ3v) is 5.54. The maximum Gasteiger partial charge on any atom is 0.352 e. The number of aliphatic carboxylic acids is 1. The number of anilines is 2. The van der Waals surface area contributed by atoms with Gasteiger partial charge in [0.15, 0.2) is 0 Å². The number of hydrogen-bond acceptors (Lipinski definition) is 5. The predicted molar refractivity (Wildman–Crippen MR) is 108 cm³/mol. The van der Waals surface area contributed by atoms with Gasteiger partial charge in [0.25, 0.3) is 5.91 Å². The average molecular weight is 394 g/mol. The summed E-state index contributed by atoms with van der Waals surface area (Å²) in [7, 11) is 0. The summed E-state index contributed by atoms with van der Waals surface area (Å²) in [5.41, 5.74) is 2.07. The van der Waals surface area contributed by atoms with Crippen molar-refractivity contribution in [1.29, 1.82) is 0 Å². The van der Waals surface area contributed by atoms with E-state index in [9.17, 15) is 14.7 Å². The van der Waals surface area contributed by atoms with Crippen molar-refractivity contribution in [3.8, 4) is 0 Å². The summed E-state index contributed by atoms with van der Waals surface area (Å²) in [4.78, 5) is 25.5. The Morgan fingerprint density at radius 2 is 2.11 bits per heavy atom. The van der Waals surface area contributed by atoms with Gasteiger partial charge >= 0.3 is 5.97 Å². The lowest BCUT2D eigenvalue weighted by Crippen LogP contribution is -2.25. The number of aromatic nitrogens is 2. The van der Waals surface area contributed by atoms with Crippen molar-refractivity contribution in [1.82, 2.24) is 9.78 Å². The molecule has 7 nitrogen and oxygen atoms in total. The summed E-state index contributed by atoms with van der Waals surface area (Å²) in [6.45, 7) is 2.02. The minimum absolute atomic E-state index is 0.0226. The maximum atomic E-state index is 12.9. The minimum atomic E-state index is -1.09. The van der Waals surface area contributed by atoms with E-state index in [2.05, 4.69) is 15.7 Å². The standard InChI is InChI=1S/C20H18N4O3S/c1-2-12-6-3-4-7-14(12)23-19(25)13-11-21-24-16(17-8-5-9-28-17)10-15(20(26)27)22-18(13)24/h3-11,16,22H,2H2,1H3,(H,23,25)(H,26,27). The van der Waals surface area contributed by atoms with Crippen LogP contribution in [0.25, 0.3) is 0 Å². The fourth-order valence-electron chi connectivity index (χ4n) is 3.19. The lowest BCUT2D eigenvalue weighted by atomic mass is 10.1. The number of para-hydroxylation sites is 1. The molecular formula is C20H18N4O3S. The third kappa shape index (κ3) is 3.18. The number of nitrogens with one attached hydrogen (secondary N) is 2. The topological polar surface area (TPSA) is 96.3 Å². The number of rotatable bonds is 5. The molecule has 1 unspecified atom stereocenters.